The van der Waals surface area contributed by atoms with E-state index in [9.17, 15) is 0 Å². The average Bonchev–Trinajstić information content (AvgIpc) is 3.69. The maximum Gasteiger partial charge on any atom is 0.145 e. The lowest BCUT2D eigenvalue weighted by Gasteiger charge is -2.14. The number of imidazole rings is 3. The predicted molar refractivity (Wildman–Crippen MR) is 135 cm³/mol. The van der Waals surface area contributed by atoms with E-state index in [2.05, 4.69) is 62.8 Å². The zero-order chi connectivity index (χ0) is 23.4. The van der Waals surface area contributed by atoms with E-state index in [0.29, 0.717) is 0 Å². The lowest BCUT2D eigenvalue weighted by Crippen LogP contribution is -2.02. The summed E-state index contributed by atoms with van der Waals surface area (Å²) in [5.74, 6) is 0. The Morgan fingerprint density at radius 3 is 1.89 bits per heavy atom. The molecular formula is C27H20N8. The van der Waals surface area contributed by atoms with Gasteiger partial charge in [0.2, 0.25) is 0 Å². The molecule has 0 saturated heterocycles. The van der Waals surface area contributed by atoms with Crippen LogP contribution in [0.15, 0.2) is 105 Å². The molecule has 0 N–H and O–H groups in total. The standard InChI is InChI=1S/C27H20N8/c1-19-11-26-24(15-25(19)34-10-7-30-18-34)23-3-2-4-31-27(23)35(26)22-13-20(32-8-5-28-16-32)12-21(14-22)33-9-6-29-17-33/h2-18H,1H3. The third-order valence-corrected chi connectivity index (χ3v) is 6.38. The van der Waals surface area contributed by atoms with E-state index in [1.54, 1.807) is 18.6 Å². The normalized spacial score (nSPS) is 11.6. The van der Waals surface area contributed by atoms with Crippen molar-refractivity contribution in [2.24, 2.45) is 0 Å². The van der Waals surface area contributed by atoms with Crippen LogP contribution in [0.5, 0.6) is 0 Å². The topological polar surface area (TPSA) is 71.3 Å². The van der Waals surface area contributed by atoms with Crippen LogP contribution in [0.3, 0.4) is 0 Å². The first-order chi connectivity index (χ1) is 17.3. The van der Waals surface area contributed by atoms with Crippen molar-refractivity contribution in [2.45, 2.75) is 6.92 Å². The molecule has 5 heterocycles. The van der Waals surface area contributed by atoms with E-state index in [0.717, 1.165) is 50.2 Å². The van der Waals surface area contributed by atoms with E-state index >= 15 is 0 Å². The molecule has 5 aromatic heterocycles. The van der Waals surface area contributed by atoms with Crippen molar-refractivity contribution in [1.29, 1.82) is 0 Å². The van der Waals surface area contributed by atoms with Crippen molar-refractivity contribution in [3.63, 3.8) is 0 Å². The van der Waals surface area contributed by atoms with E-state index < -0.39 is 0 Å². The maximum atomic E-state index is 4.81. The van der Waals surface area contributed by atoms with Gasteiger partial charge in [-0.2, -0.15) is 0 Å². The fourth-order valence-corrected chi connectivity index (χ4v) is 4.75. The van der Waals surface area contributed by atoms with Crippen LogP contribution in [0, 0.1) is 6.92 Å². The predicted octanol–water partition coefficient (Wildman–Crippen LogP) is 5.04. The number of aromatic nitrogens is 8. The molecule has 0 fully saturated rings. The first kappa shape index (κ1) is 19.5. The Hall–Kier alpha value is -4.98. The van der Waals surface area contributed by atoms with Crippen LogP contribution in [-0.4, -0.2) is 38.2 Å². The SMILES string of the molecule is Cc1cc2c(cc1-n1ccnc1)c1cccnc1n2-c1cc(-n2ccnc2)cc(-n2ccnc2)c1. The lowest BCUT2D eigenvalue weighted by atomic mass is 10.1. The van der Waals surface area contributed by atoms with Crippen molar-refractivity contribution >= 4 is 21.9 Å². The number of hydrogen-bond acceptors (Lipinski definition) is 4. The van der Waals surface area contributed by atoms with Gasteiger partial charge in [0, 0.05) is 54.2 Å². The van der Waals surface area contributed by atoms with Crippen molar-refractivity contribution in [2.75, 3.05) is 0 Å². The molecule has 35 heavy (non-hydrogen) atoms. The van der Waals surface area contributed by atoms with Gasteiger partial charge in [0.05, 0.1) is 47.2 Å². The smallest absolute Gasteiger partial charge is 0.145 e. The molecule has 0 unspecified atom stereocenters. The molecule has 0 aliphatic heterocycles. The molecule has 0 atom stereocenters. The second-order valence-electron chi connectivity index (χ2n) is 8.48. The van der Waals surface area contributed by atoms with Crippen LogP contribution >= 0.6 is 0 Å². The summed E-state index contributed by atoms with van der Waals surface area (Å²) in [4.78, 5) is 17.5. The van der Waals surface area contributed by atoms with E-state index in [1.807, 2.05) is 63.5 Å². The zero-order valence-corrected chi connectivity index (χ0v) is 18.9. The number of fused-ring (bicyclic) bond motifs is 3. The van der Waals surface area contributed by atoms with Gasteiger partial charge in [0.15, 0.2) is 0 Å². The highest BCUT2D eigenvalue weighted by atomic mass is 15.1. The Morgan fingerprint density at radius 2 is 1.26 bits per heavy atom. The molecule has 168 valence electrons. The molecule has 7 aromatic rings. The third-order valence-electron chi connectivity index (χ3n) is 6.38. The van der Waals surface area contributed by atoms with Gasteiger partial charge in [-0.05, 0) is 55.0 Å². The Bertz CT molecular complexity index is 1740. The quantitative estimate of drug-likeness (QED) is 0.372. The van der Waals surface area contributed by atoms with Crippen molar-refractivity contribution in [3.8, 4) is 22.7 Å². The Kier molecular flexibility index (Phi) is 4.19. The number of nitrogens with zero attached hydrogens (tertiary/aromatic N) is 8. The van der Waals surface area contributed by atoms with Gasteiger partial charge < -0.3 is 13.7 Å². The molecule has 0 spiro atoms. The lowest BCUT2D eigenvalue weighted by molar-refractivity contribution is 1.01. The summed E-state index contributed by atoms with van der Waals surface area (Å²) in [5, 5.41) is 2.24. The molecule has 0 amide bonds. The number of rotatable bonds is 4. The number of benzene rings is 2. The fourth-order valence-electron chi connectivity index (χ4n) is 4.75. The van der Waals surface area contributed by atoms with Gasteiger partial charge in [0.25, 0.3) is 0 Å². The van der Waals surface area contributed by atoms with Crippen molar-refractivity contribution in [1.82, 2.24) is 38.2 Å². The number of aryl methyl sites for hydroxylation is 1. The van der Waals surface area contributed by atoms with Crippen molar-refractivity contribution < 1.29 is 0 Å². The minimum Gasteiger partial charge on any atom is -0.306 e. The second kappa shape index (κ2) is 7.53. The summed E-state index contributed by atoms with van der Waals surface area (Å²) in [7, 11) is 0. The van der Waals surface area contributed by atoms with Crippen molar-refractivity contribution in [3.05, 3.63) is 110 Å². The summed E-state index contributed by atoms with van der Waals surface area (Å²) in [6.07, 6.45) is 18.5. The van der Waals surface area contributed by atoms with E-state index in [4.69, 9.17) is 4.98 Å². The van der Waals surface area contributed by atoms with Crippen LogP contribution < -0.4 is 0 Å². The van der Waals surface area contributed by atoms with Crippen LogP contribution in [0.2, 0.25) is 0 Å². The Morgan fingerprint density at radius 1 is 0.629 bits per heavy atom. The summed E-state index contributed by atoms with van der Waals surface area (Å²) in [6, 6.07) is 15.0. The molecule has 0 radical (unpaired) electrons. The summed E-state index contributed by atoms with van der Waals surface area (Å²) in [6.45, 7) is 2.13. The second-order valence-corrected chi connectivity index (χ2v) is 8.48. The van der Waals surface area contributed by atoms with Crippen LogP contribution in [0.25, 0.3) is 44.7 Å². The first-order valence-corrected chi connectivity index (χ1v) is 11.3. The zero-order valence-electron chi connectivity index (χ0n) is 18.9. The third kappa shape index (κ3) is 3.07. The van der Waals surface area contributed by atoms with E-state index in [1.165, 1.54) is 0 Å². The minimum absolute atomic E-state index is 0.907. The Balaban J connectivity index is 1.55. The minimum atomic E-state index is 0.907. The average molecular weight is 457 g/mol. The Labute approximate surface area is 200 Å². The van der Waals surface area contributed by atoms with Crippen LogP contribution in [0.4, 0.5) is 0 Å². The fraction of sp³-hybridized carbons (Fsp3) is 0.0370. The van der Waals surface area contributed by atoms with Gasteiger partial charge in [-0.3, -0.25) is 4.57 Å². The highest BCUT2D eigenvalue weighted by Gasteiger charge is 2.17. The first-order valence-electron chi connectivity index (χ1n) is 11.3. The van der Waals surface area contributed by atoms with Crippen LogP contribution in [-0.2, 0) is 0 Å². The van der Waals surface area contributed by atoms with Gasteiger partial charge in [-0.15, -0.1) is 0 Å². The molecule has 0 aliphatic carbocycles. The summed E-state index contributed by atoms with van der Waals surface area (Å²) < 4.78 is 8.29. The van der Waals surface area contributed by atoms with E-state index in [-0.39, 0.29) is 0 Å². The van der Waals surface area contributed by atoms with Gasteiger partial charge in [-0.25, -0.2) is 19.9 Å². The molecular weight excluding hydrogens is 436 g/mol. The van der Waals surface area contributed by atoms with Gasteiger partial charge in [0.1, 0.15) is 5.65 Å². The highest BCUT2D eigenvalue weighted by Crippen LogP contribution is 2.35. The molecule has 7 rings (SSSR count). The van der Waals surface area contributed by atoms with Crippen LogP contribution in [0.1, 0.15) is 5.56 Å². The summed E-state index contributed by atoms with van der Waals surface area (Å²) in [5.41, 5.74) is 7.27. The molecule has 0 bridgehead atoms. The molecule has 8 heteroatoms. The molecule has 8 nitrogen and oxygen atoms in total. The molecule has 2 aromatic carbocycles. The summed E-state index contributed by atoms with van der Waals surface area (Å²) >= 11 is 0. The largest absolute Gasteiger partial charge is 0.306 e. The molecule has 0 aliphatic rings. The highest BCUT2D eigenvalue weighted by molar-refractivity contribution is 6.09. The monoisotopic (exact) mass is 456 g/mol. The number of hydrogen-bond donors (Lipinski definition) is 0. The number of pyridine rings is 1. The molecule has 0 saturated carbocycles. The van der Waals surface area contributed by atoms with Gasteiger partial charge in [-0.1, -0.05) is 0 Å². The van der Waals surface area contributed by atoms with Gasteiger partial charge >= 0.3 is 0 Å². The maximum absolute atomic E-state index is 4.81.